The maximum atomic E-state index is 13.1. The van der Waals surface area contributed by atoms with E-state index in [9.17, 15) is 18.0 Å². The third kappa shape index (κ3) is 4.24. The maximum absolute atomic E-state index is 13.1. The molecule has 0 bridgehead atoms. The Morgan fingerprint density at radius 1 is 1.26 bits per heavy atom. The Hall–Kier alpha value is -2.30. The molecule has 1 saturated heterocycles. The number of thiazole rings is 1. The SMILES string of the molecule is [CH2][C@H](NS(=O)(=O)c1cccc(N2CCCC2=O)c1C)C(=O)N1CCc2nc(C)sc2C1. The highest BCUT2D eigenvalue weighted by Gasteiger charge is 2.31. The van der Waals surface area contributed by atoms with Crippen LogP contribution in [0.5, 0.6) is 0 Å². The van der Waals surface area contributed by atoms with Crippen molar-refractivity contribution < 1.29 is 18.0 Å². The molecule has 1 fully saturated rings. The Morgan fingerprint density at radius 3 is 2.74 bits per heavy atom. The van der Waals surface area contributed by atoms with E-state index in [4.69, 9.17) is 0 Å². The summed E-state index contributed by atoms with van der Waals surface area (Å²) in [5.74, 6) is -0.387. The first-order chi connectivity index (χ1) is 14.7. The molecule has 1 radical (unpaired) electrons. The molecular weight excluding hydrogens is 436 g/mol. The van der Waals surface area contributed by atoms with Gasteiger partial charge in [-0.1, -0.05) is 6.07 Å². The number of hydrogen-bond acceptors (Lipinski definition) is 6. The zero-order valence-electron chi connectivity index (χ0n) is 17.6. The average Bonchev–Trinajstić information content (AvgIpc) is 3.30. The molecule has 8 nitrogen and oxygen atoms in total. The highest BCUT2D eigenvalue weighted by atomic mass is 32.2. The molecule has 0 saturated carbocycles. The van der Waals surface area contributed by atoms with Gasteiger partial charge in [0.25, 0.3) is 0 Å². The summed E-state index contributed by atoms with van der Waals surface area (Å²) in [6.07, 6.45) is 1.86. The fourth-order valence-corrected chi connectivity index (χ4v) is 6.49. The summed E-state index contributed by atoms with van der Waals surface area (Å²) in [5.41, 5.74) is 2.07. The van der Waals surface area contributed by atoms with Crippen molar-refractivity contribution in [1.82, 2.24) is 14.6 Å². The zero-order chi connectivity index (χ0) is 22.3. The van der Waals surface area contributed by atoms with Crippen molar-refractivity contribution >= 4 is 38.9 Å². The Labute approximate surface area is 186 Å². The normalized spacial score (nSPS) is 17.7. The van der Waals surface area contributed by atoms with Crippen LogP contribution >= 0.6 is 11.3 Å². The van der Waals surface area contributed by atoms with Crippen LogP contribution in [0.2, 0.25) is 0 Å². The van der Waals surface area contributed by atoms with Gasteiger partial charge in [-0.25, -0.2) is 13.4 Å². The third-order valence-corrected chi connectivity index (χ3v) is 8.27. The molecule has 0 aliphatic carbocycles. The van der Waals surface area contributed by atoms with Crippen LogP contribution in [0.25, 0.3) is 0 Å². The van der Waals surface area contributed by atoms with Crippen molar-refractivity contribution in [3.05, 3.63) is 46.3 Å². The summed E-state index contributed by atoms with van der Waals surface area (Å²) in [4.78, 5) is 33.8. The van der Waals surface area contributed by atoms with Gasteiger partial charge < -0.3 is 9.80 Å². The maximum Gasteiger partial charge on any atom is 0.241 e. The minimum absolute atomic E-state index is 0.0152. The molecule has 0 spiro atoms. The molecule has 2 aliphatic heterocycles. The van der Waals surface area contributed by atoms with Crippen LogP contribution in [-0.4, -0.2) is 49.2 Å². The Morgan fingerprint density at radius 2 is 2.03 bits per heavy atom. The zero-order valence-corrected chi connectivity index (χ0v) is 19.2. The highest BCUT2D eigenvalue weighted by molar-refractivity contribution is 7.89. The number of benzene rings is 1. The largest absolute Gasteiger partial charge is 0.336 e. The number of anilines is 1. The van der Waals surface area contributed by atoms with Crippen LogP contribution in [0.3, 0.4) is 0 Å². The van der Waals surface area contributed by atoms with Crippen molar-refractivity contribution in [3.63, 3.8) is 0 Å². The molecule has 2 aromatic rings. The van der Waals surface area contributed by atoms with E-state index in [1.54, 1.807) is 40.2 Å². The van der Waals surface area contributed by atoms with Crippen LogP contribution in [0, 0.1) is 20.8 Å². The van der Waals surface area contributed by atoms with Gasteiger partial charge in [-0.15, -0.1) is 11.3 Å². The minimum Gasteiger partial charge on any atom is -0.336 e. The topological polar surface area (TPSA) is 99.7 Å². The molecule has 31 heavy (non-hydrogen) atoms. The van der Waals surface area contributed by atoms with Crippen molar-refractivity contribution in [1.29, 1.82) is 0 Å². The predicted octanol–water partition coefficient (Wildman–Crippen LogP) is 1.95. The number of nitrogens with one attached hydrogen (secondary N) is 1. The van der Waals surface area contributed by atoms with Gasteiger partial charge in [0, 0.05) is 36.5 Å². The van der Waals surface area contributed by atoms with Crippen molar-refractivity contribution in [2.75, 3.05) is 18.0 Å². The Bertz CT molecular complexity index is 1140. The van der Waals surface area contributed by atoms with Crippen LogP contribution in [0.4, 0.5) is 5.69 Å². The summed E-state index contributed by atoms with van der Waals surface area (Å²) in [6.45, 7) is 8.84. The lowest BCUT2D eigenvalue weighted by Gasteiger charge is -2.29. The molecule has 1 N–H and O–H groups in total. The molecule has 1 aromatic carbocycles. The van der Waals surface area contributed by atoms with Crippen molar-refractivity contribution in [2.45, 2.75) is 50.6 Å². The summed E-state index contributed by atoms with van der Waals surface area (Å²) in [6, 6.07) is 3.68. The number of aromatic nitrogens is 1. The van der Waals surface area contributed by atoms with Crippen LogP contribution in [0.15, 0.2) is 23.1 Å². The van der Waals surface area contributed by atoms with Crippen LogP contribution in [0.1, 0.15) is 34.0 Å². The molecule has 4 rings (SSSR count). The number of aryl methyl sites for hydroxylation is 1. The second-order valence-corrected chi connectivity index (χ2v) is 10.8. The van der Waals surface area contributed by atoms with Gasteiger partial charge in [0.2, 0.25) is 21.8 Å². The number of fused-ring (bicyclic) bond motifs is 1. The molecule has 1 aromatic heterocycles. The molecule has 10 heteroatoms. The van der Waals surface area contributed by atoms with Gasteiger partial charge in [-0.2, -0.15) is 4.72 Å². The van der Waals surface area contributed by atoms with E-state index < -0.39 is 16.1 Å². The summed E-state index contributed by atoms with van der Waals surface area (Å²) < 4.78 is 28.6. The fourth-order valence-electron chi connectivity index (χ4n) is 4.12. The lowest BCUT2D eigenvalue weighted by molar-refractivity contribution is -0.132. The number of sulfonamides is 1. The average molecular weight is 462 g/mol. The lowest BCUT2D eigenvalue weighted by Crippen LogP contribution is -2.48. The van der Waals surface area contributed by atoms with Crippen molar-refractivity contribution in [3.8, 4) is 0 Å². The quantitative estimate of drug-likeness (QED) is 0.734. The van der Waals surface area contributed by atoms with Gasteiger partial charge in [-0.05, 0) is 44.9 Å². The number of carbonyl (C=O) groups is 2. The van der Waals surface area contributed by atoms with E-state index in [0.717, 1.165) is 22.0 Å². The monoisotopic (exact) mass is 461 g/mol. The minimum atomic E-state index is -4.01. The predicted molar refractivity (Wildman–Crippen MR) is 118 cm³/mol. The van der Waals surface area contributed by atoms with E-state index in [2.05, 4.69) is 16.6 Å². The third-order valence-electron chi connectivity index (χ3n) is 5.65. The summed E-state index contributed by atoms with van der Waals surface area (Å²) in [7, 11) is -4.01. The molecule has 0 unspecified atom stereocenters. The standard InChI is InChI=1S/C21H25N4O4S2/c1-13-17(25-10-5-8-20(25)26)6-4-7-19(13)31(28,29)23-14(2)21(27)24-11-9-16-18(12-24)30-15(3)22-16/h4,6-7,14,23H,2,5,8-12H2,1,3H3/t14-/m0/s1. The van der Waals surface area contributed by atoms with Gasteiger partial charge in [0.05, 0.1) is 22.1 Å². The molecule has 1 atom stereocenters. The number of nitrogens with zero attached hydrogens (tertiary/aromatic N) is 3. The fraction of sp³-hybridized carbons (Fsp3) is 0.429. The number of rotatable bonds is 5. The molecular formula is C21H25N4O4S2. The number of amides is 2. The van der Waals surface area contributed by atoms with Crippen molar-refractivity contribution in [2.24, 2.45) is 0 Å². The van der Waals surface area contributed by atoms with Gasteiger partial charge in [-0.3, -0.25) is 9.59 Å². The highest BCUT2D eigenvalue weighted by Crippen LogP contribution is 2.30. The molecule has 2 amide bonds. The van der Waals surface area contributed by atoms with Crippen LogP contribution < -0.4 is 9.62 Å². The first kappa shape index (κ1) is 21.9. The van der Waals surface area contributed by atoms with E-state index in [-0.39, 0.29) is 16.7 Å². The molecule has 165 valence electrons. The molecule has 3 heterocycles. The first-order valence-corrected chi connectivity index (χ1v) is 12.5. The van der Waals surface area contributed by atoms with E-state index in [1.807, 2.05) is 6.92 Å². The van der Waals surface area contributed by atoms with E-state index >= 15 is 0 Å². The Kier molecular flexibility index (Phi) is 5.89. The molecule has 2 aliphatic rings. The van der Waals surface area contributed by atoms with E-state index in [0.29, 0.717) is 43.7 Å². The second-order valence-electron chi connectivity index (χ2n) is 7.84. The summed E-state index contributed by atoms with van der Waals surface area (Å²) in [5, 5.41) is 0.956. The van der Waals surface area contributed by atoms with Crippen LogP contribution in [-0.2, 0) is 32.6 Å². The van der Waals surface area contributed by atoms with Gasteiger partial charge >= 0.3 is 0 Å². The van der Waals surface area contributed by atoms with Gasteiger partial charge in [0.15, 0.2) is 0 Å². The smallest absolute Gasteiger partial charge is 0.241 e. The first-order valence-electron chi connectivity index (χ1n) is 10.2. The Balaban J connectivity index is 1.51. The second kappa shape index (κ2) is 8.33. The number of carbonyl (C=O) groups excluding carboxylic acids is 2. The summed E-state index contributed by atoms with van der Waals surface area (Å²) >= 11 is 1.55. The van der Waals surface area contributed by atoms with Gasteiger partial charge in [0.1, 0.15) is 6.04 Å². The number of hydrogen-bond donors (Lipinski definition) is 1. The lowest BCUT2D eigenvalue weighted by atomic mass is 10.1. The van der Waals surface area contributed by atoms with E-state index in [1.165, 1.54) is 6.07 Å².